The maximum absolute atomic E-state index is 14.4. The average Bonchev–Trinajstić information content (AvgIpc) is 3.14. The van der Waals surface area contributed by atoms with Crippen LogP contribution in [0.4, 0.5) is 14.9 Å². The molecule has 9 heteroatoms. The number of amides is 2. The molecule has 0 aliphatic heterocycles. The summed E-state index contributed by atoms with van der Waals surface area (Å²) in [4.78, 5) is 36.6. The monoisotopic (exact) mass is 540 g/mol. The number of carbonyl (C=O) groups excluding carboxylic acids is 2. The Morgan fingerprint density at radius 3 is 2.26 bits per heavy atom. The normalized spacial score (nSPS) is 12.9. The lowest BCUT2D eigenvalue weighted by Crippen LogP contribution is -2.45. The number of aryl methyl sites for hydroxylation is 1. The quantitative estimate of drug-likeness (QED) is 0.381. The van der Waals surface area contributed by atoms with Crippen LogP contribution in [0.3, 0.4) is 0 Å². The predicted octanol–water partition coefficient (Wildman–Crippen LogP) is 5.22. The molecule has 1 unspecified atom stereocenters. The highest BCUT2D eigenvalue weighted by Crippen LogP contribution is 2.44. The molecule has 35 heavy (non-hydrogen) atoms. The number of benzene rings is 3. The molecule has 2 amide bonds. The van der Waals surface area contributed by atoms with Gasteiger partial charge in [-0.05, 0) is 62.8 Å². The molecule has 4 rings (SSSR count). The van der Waals surface area contributed by atoms with Crippen LogP contribution in [0.5, 0.6) is 0 Å². The number of carbonyl (C=O) groups is 3. The van der Waals surface area contributed by atoms with Crippen molar-refractivity contribution in [3.63, 3.8) is 0 Å². The van der Waals surface area contributed by atoms with Crippen LogP contribution in [-0.4, -0.2) is 35.7 Å². The maximum Gasteiger partial charge on any atom is 0.407 e. The summed E-state index contributed by atoms with van der Waals surface area (Å²) in [6.45, 7) is 1.71. The fourth-order valence-electron chi connectivity index (χ4n) is 4.20. The molecule has 0 aromatic heterocycles. The van der Waals surface area contributed by atoms with Gasteiger partial charge in [0.15, 0.2) is 5.82 Å². The van der Waals surface area contributed by atoms with Crippen molar-refractivity contribution in [3.8, 4) is 11.1 Å². The number of aliphatic carboxylic acids is 1. The number of nitrogens with one attached hydrogen (secondary N) is 2. The number of alkyl carbamates (subject to hydrolysis) is 1. The van der Waals surface area contributed by atoms with Crippen LogP contribution in [0.15, 0.2) is 65.1 Å². The molecular weight excluding hydrogens is 519 g/mol. The SMILES string of the molecule is Cc1cc(Br)c(F)c(NC(=O)C(CC(=O)O)NC(=O)OCC2c3ccccc3-c3ccccc32)c1. The fourth-order valence-corrected chi connectivity index (χ4v) is 4.78. The second kappa shape index (κ2) is 10.3. The van der Waals surface area contributed by atoms with Crippen LogP contribution in [0, 0.1) is 12.7 Å². The Balaban J connectivity index is 1.45. The van der Waals surface area contributed by atoms with E-state index in [4.69, 9.17) is 4.74 Å². The number of ether oxygens (including phenoxy) is 1. The molecule has 0 saturated heterocycles. The Bertz CT molecular complexity index is 1270. The Morgan fingerprint density at radius 2 is 1.66 bits per heavy atom. The van der Waals surface area contributed by atoms with Gasteiger partial charge in [0.2, 0.25) is 5.91 Å². The summed E-state index contributed by atoms with van der Waals surface area (Å²) in [6, 6.07) is 17.1. The fraction of sp³-hybridized carbons (Fsp3) is 0.192. The van der Waals surface area contributed by atoms with E-state index < -0.39 is 36.2 Å². The van der Waals surface area contributed by atoms with Crippen LogP contribution < -0.4 is 10.6 Å². The summed E-state index contributed by atoms with van der Waals surface area (Å²) >= 11 is 3.07. The van der Waals surface area contributed by atoms with E-state index in [-0.39, 0.29) is 22.7 Å². The molecule has 7 nitrogen and oxygen atoms in total. The summed E-state index contributed by atoms with van der Waals surface area (Å²) in [5, 5.41) is 13.9. The first kappa shape index (κ1) is 24.4. The molecule has 1 aliphatic carbocycles. The van der Waals surface area contributed by atoms with E-state index in [0.29, 0.717) is 5.56 Å². The number of hydrogen-bond acceptors (Lipinski definition) is 4. The van der Waals surface area contributed by atoms with Gasteiger partial charge in [-0.25, -0.2) is 9.18 Å². The van der Waals surface area contributed by atoms with Crippen LogP contribution in [0.1, 0.15) is 29.0 Å². The summed E-state index contributed by atoms with van der Waals surface area (Å²) < 4.78 is 19.9. The molecule has 1 atom stereocenters. The van der Waals surface area contributed by atoms with Gasteiger partial charge in [0, 0.05) is 5.92 Å². The van der Waals surface area contributed by atoms with E-state index in [1.165, 1.54) is 12.1 Å². The first-order chi connectivity index (χ1) is 16.7. The lowest BCUT2D eigenvalue weighted by Gasteiger charge is -2.19. The molecule has 0 fully saturated rings. The van der Waals surface area contributed by atoms with E-state index in [2.05, 4.69) is 26.6 Å². The highest BCUT2D eigenvalue weighted by Gasteiger charge is 2.30. The first-order valence-electron chi connectivity index (χ1n) is 10.8. The van der Waals surface area contributed by atoms with Gasteiger partial charge in [0.05, 0.1) is 16.6 Å². The lowest BCUT2D eigenvalue weighted by molar-refractivity contribution is -0.139. The van der Waals surface area contributed by atoms with Crippen molar-refractivity contribution in [2.24, 2.45) is 0 Å². The Kier molecular flexibility index (Phi) is 7.16. The van der Waals surface area contributed by atoms with Crippen molar-refractivity contribution in [3.05, 3.63) is 87.6 Å². The molecule has 1 aliphatic rings. The van der Waals surface area contributed by atoms with E-state index in [9.17, 15) is 23.9 Å². The van der Waals surface area contributed by atoms with Crippen molar-refractivity contribution in [2.45, 2.75) is 25.3 Å². The minimum absolute atomic E-state index is 0.000720. The Hall–Kier alpha value is -3.72. The average molecular weight is 541 g/mol. The van der Waals surface area contributed by atoms with E-state index in [1.54, 1.807) is 6.92 Å². The van der Waals surface area contributed by atoms with Gasteiger partial charge in [0.25, 0.3) is 0 Å². The summed E-state index contributed by atoms with van der Waals surface area (Å²) in [5.41, 5.74) is 4.70. The van der Waals surface area contributed by atoms with Crippen molar-refractivity contribution in [1.29, 1.82) is 0 Å². The molecule has 0 bridgehead atoms. The molecule has 0 radical (unpaired) electrons. The van der Waals surface area contributed by atoms with Gasteiger partial charge in [-0.1, -0.05) is 48.5 Å². The van der Waals surface area contributed by atoms with Crippen molar-refractivity contribution in [2.75, 3.05) is 11.9 Å². The number of fused-ring (bicyclic) bond motifs is 3. The van der Waals surface area contributed by atoms with Crippen LogP contribution in [0.2, 0.25) is 0 Å². The van der Waals surface area contributed by atoms with Crippen molar-refractivity contribution in [1.82, 2.24) is 5.32 Å². The van der Waals surface area contributed by atoms with Crippen molar-refractivity contribution >= 4 is 39.6 Å². The largest absolute Gasteiger partial charge is 0.481 e. The number of hydrogen-bond donors (Lipinski definition) is 3. The van der Waals surface area contributed by atoms with Gasteiger partial charge >= 0.3 is 12.1 Å². The third-order valence-corrected chi connectivity index (χ3v) is 6.34. The number of rotatable bonds is 7. The van der Waals surface area contributed by atoms with E-state index in [0.717, 1.165) is 22.3 Å². The number of halogens is 2. The van der Waals surface area contributed by atoms with Gasteiger partial charge in [-0.3, -0.25) is 9.59 Å². The zero-order chi connectivity index (χ0) is 25.1. The Morgan fingerprint density at radius 1 is 1.06 bits per heavy atom. The zero-order valence-corrected chi connectivity index (χ0v) is 20.3. The summed E-state index contributed by atoms with van der Waals surface area (Å²) in [5.74, 6) is -3.09. The molecule has 180 valence electrons. The van der Waals surface area contributed by atoms with Crippen molar-refractivity contribution < 1.29 is 28.6 Å². The number of anilines is 1. The van der Waals surface area contributed by atoms with Gasteiger partial charge < -0.3 is 20.5 Å². The Labute approximate surface area is 209 Å². The van der Waals surface area contributed by atoms with Gasteiger partial charge in [0.1, 0.15) is 12.6 Å². The molecule has 0 spiro atoms. The smallest absolute Gasteiger partial charge is 0.407 e. The minimum atomic E-state index is -1.47. The maximum atomic E-state index is 14.4. The van der Waals surface area contributed by atoms with Crippen LogP contribution in [-0.2, 0) is 14.3 Å². The van der Waals surface area contributed by atoms with Gasteiger partial charge in [-0.15, -0.1) is 0 Å². The summed E-state index contributed by atoms with van der Waals surface area (Å²) in [6.07, 6.45) is -1.65. The lowest BCUT2D eigenvalue weighted by atomic mass is 9.98. The number of carboxylic acids is 1. The minimum Gasteiger partial charge on any atom is -0.481 e. The zero-order valence-electron chi connectivity index (χ0n) is 18.7. The topological polar surface area (TPSA) is 105 Å². The van der Waals surface area contributed by atoms with Crippen LogP contribution >= 0.6 is 15.9 Å². The first-order valence-corrected chi connectivity index (χ1v) is 11.6. The molecule has 3 aromatic rings. The second-order valence-corrected chi connectivity index (χ2v) is 9.07. The molecule has 0 heterocycles. The molecule has 3 N–H and O–H groups in total. The molecule has 3 aromatic carbocycles. The predicted molar refractivity (Wildman–Crippen MR) is 132 cm³/mol. The highest BCUT2D eigenvalue weighted by molar-refractivity contribution is 9.10. The van der Waals surface area contributed by atoms with E-state index in [1.807, 2.05) is 48.5 Å². The highest BCUT2D eigenvalue weighted by atomic mass is 79.9. The third kappa shape index (κ3) is 5.35. The standard InChI is InChI=1S/C26H22BrFN2O5/c1-14-10-20(27)24(28)21(11-14)29-25(33)22(12-23(31)32)30-26(34)35-13-19-17-8-4-2-6-15(17)16-7-3-5-9-18(16)19/h2-11,19,22H,12-13H2,1H3,(H,29,33)(H,30,34)(H,31,32). The molecule has 0 saturated carbocycles. The number of carboxylic acid groups (broad SMARTS) is 1. The summed E-state index contributed by atoms with van der Waals surface area (Å²) in [7, 11) is 0. The van der Waals surface area contributed by atoms with Crippen LogP contribution in [0.25, 0.3) is 11.1 Å². The van der Waals surface area contributed by atoms with E-state index >= 15 is 0 Å². The van der Waals surface area contributed by atoms with Gasteiger partial charge in [-0.2, -0.15) is 0 Å². The molecular formula is C26H22BrFN2O5. The second-order valence-electron chi connectivity index (χ2n) is 8.22. The third-order valence-electron chi connectivity index (χ3n) is 5.76.